The summed E-state index contributed by atoms with van der Waals surface area (Å²) in [4.78, 5) is 14.7. The second-order valence-corrected chi connectivity index (χ2v) is 2.52. The number of carbonyl (C=O) groups is 1. The Morgan fingerprint density at radius 1 is 1.55 bits per heavy atom. The Balaban J connectivity index is 2.45. The van der Waals surface area contributed by atoms with E-state index in [4.69, 9.17) is 0 Å². The zero-order chi connectivity index (χ0) is 8.10. The molecule has 0 aliphatic carbocycles. The zero-order valence-corrected chi connectivity index (χ0v) is 6.58. The minimum absolute atomic E-state index is 0.218. The van der Waals surface area contributed by atoms with Crippen LogP contribution in [0.15, 0.2) is 24.4 Å². The van der Waals surface area contributed by atoms with Gasteiger partial charge in [-0.25, -0.2) is 0 Å². The maximum atomic E-state index is 10.6. The van der Waals surface area contributed by atoms with Gasteiger partial charge in [-0.2, -0.15) is 0 Å². The van der Waals surface area contributed by atoms with E-state index >= 15 is 0 Å². The van der Waals surface area contributed by atoms with Crippen LogP contribution in [0.4, 0.5) is 0 Å². The van der Waals surface area contributed by atoms with Gasteiger partial charge in [-0.3, -0.25) is 4.98 Å². The van der Waals surface area contributed by atoms with Crippen LogP contribution in [0.25, 0.3) is 0 Å². The second-order valence-electron chi connectivity index (χ2n) is 2.52. The molecular formula is C9H11NO. The fourth-order valence-corrected chi connectivity index (χ4v) is 0.850. The topological polar surface area (TPSA) is 30.0 Å². The van der Waals surface area contributed by atoms with Crippen molar-refractivity contribution in [2.75, 3.05) is 0 Å². The Morgan fingerprint density at radius 2 is 2.36 bits per heavy atom. The highest BCUT2D eigenvalue weighted by Crippen LogP contribution is 1.97. The third-order valence-corrected chi connectivity index (χ3v) is 1.46. The Bertz CT molecular complexity index is 231. The molecule has 11 heavy (non-hydrogen) atoms. The number of pyridine rings is 1. The van der Waals surface area contributed by atoms with E-state index in [0.717, 1.165) is 12.1 Å². The molecule has 0 aromatic carbocycles. The molecule has 0 bridgehead atoms. The maximum Gasteiger partial charge on any atom is 0.130 e. The molecule has 0 atom stereocenters. The van der Waals surface area contributed by atoms with E-state index in [-0.39, 0.29) is 5.78 Å². The monoisotopic (exact) mass is 149 g/mol. The van der Waals surface area contributed by atoms with Crippen molar-refractivity contribution in [3.8, 4) is 0 Å². The summed E-state index contributed by atoms with van der Waals surface area (Å²) in [5, 5.41) is 0. The molecule has 0 aliphatic rings. The first-order valence-electron chi connectivity index (χ1n) is 3.68. The van der Waals surface area contributed by atoms with Gasteiger partial charge < -0.3 is 4.79 Å². The number of nitrogens with zero attached hydrogens (tertiary/aromatic N) is 1. The molecule has 0 aliphatic heterocycles. The molecule has 0 unspecified atom stereocenters. The van der Waals surface area contributed by atoms with E-state index in [0.29, 0.717) is 6.42 Å². The summed E-state index contributed by atoms with van der Waals surface area (Å²) in [6, 6.07) is 5.74. The van der Waals surface area contributed by atoms with Gasteiger partial charge in [0.2, 0.25) is 0 Å². The van der Waals surface area contributed by atoms with E-state index in [2.05, 4.69) is 4.98 Å². The van der Waals surface area contributed by atoms with E-state index in [1.54, 1.807) is 13.1 Å². The highest BCUT2D eigenvalue weighted by atomic mass is 16.1. The minimum atomic E-state index is 0.218. The number of hydrogen-bond donors (Lipinski definition) is 0. The maximum absolute atomic E-state index is 10.6. The molecule has 2 nitrogen and oxygen atoms in total. The number of hydrogen-bond acceptors (Lipinski definition) is 2. The van der Waals surface area contributed by atoms with Gasteiger partial charge in [-0.05, 0) is 25.5 Å². The van der Waals surface area contributed by atoms with Gasteiger partial charge in [0.15, 0.2) is 0 Å². The van der Waals surface area contributed by atoms with E-state index < -0.39 is 0 Å². The first-order chi connectivity index (χ1) is 5.29. The van der Waals surface area contributed by atoms with Crippen molar-refractivity contribution < 1.29 is 4.79 Å². The van der Waals surface area contributed by atoms with Crippen molar-refractivity contribution in [3.05, 3.63) is 30.1 Å². The first-order valence-corrected chi connectivity index (χ1v) is 3.68. The van der Waals surface area contributed by atoms with E-state index in [9.17, 15) is 4.79 Å². The van der Waals surface area contributed by atoms with Crippen LogP contribution in [-0.4, -0.2) is 10.8 Å². The smallest absolute Gasteiger partial charge is 0.130 e. The number of Topliss-reactive ketones (excluding diaryl/α,β-unsaturated/α-hetero) is 1. The first kappa shape index (κ1) is 7.92. The highest BCUT2D eigenvalue weighted by molar-refractivity contribution is 5.75. The molecule has 0 saturated carbocycles. The third-order valence-electron chi connectivity index (χ3n) is 1.46. The standard InChI is InChI=1S/C9H11NO/c1-8(11)5-6-9-4-2-3-7-10-9/h2-4,7H,5-6H2,1H3. The van der Waals surface area contributed by atoms with Gasteiger partial charge in [0.05, 0.1) is 0 Å². The highest BCUT2D eigenvalue weighted by Gasteiger charge is 1.95. The summed E-state index contributed by atoms with van der Waals surface area (Å²) in [6.45, 7) is 1.60. The van der Waals surface area contributed by atoms with Crippen LogP contribution in [0.5, 0.6) is 0 Å². The number of ketones is 1. The van der Waals surface area contributed by atoms with Crippen LogP contribution < -0.4 is 0 Å². The van der Waals surface area contributed by atoms with Gasteiger partial charge in [-0.15, -0.1) is 0 Å². The number of aryl methyl sites for hydroxylation is 1. The molecule has 1 heterocycles. The largest absolute Gasteiger partial charge is 0.300 e. The van der Waals surface area contributed by atoms with Crippen molar-refractivity contribution >= 4 is 5.78 Å². The Kier molecular flexibility index (Phi) is 2.78. The Hall–Kier alpha value is -1.18. The van der Waals surface area contributed by atoms with Crippen molar-refractivity contribution in [2.45, 2.75) is 19.8 Å². The normalized spacial score (nSPS) is 9.55. The molecule has 0 radical (unpaired) electrons. The zero-order valence-electron chi connectivity index (χ0n) is 6.58. The third kappa shape index (κ3) is 2.94. The van der Waals surface area contributed by atoms with Gasteiger partial charge in [0, 0.05) is 18.3 Å². The minimum Gasteiger partial charge on any atom is -0.300 e. The molecule has 0 spiro atoms. The van der Waals surface area contributed by atoms with Gasteiger partial charge in [0.25, 0.3) is 0 Å². The molecule has 0 saturated heterocycles. The number of aromatic nitrogens is 1. The average Bonchev–Trinajstić information content (AvgIpc) is 2.03. The van der Waals surface area contributed by atoms with Crippen LogP contribution in [0.1, 0.15) is 19.0 Å². The molecule has 1 rings (SSSR count). The molecular weight excluding hydrogens is 138 g/mol. The number of carbonyl (C=O) groups excluding carboxylic acids is 1. The van der Waals surface area contributed by atoms with Crippen LogP contribution in [0, 0.1) is 0 Å². The van der Waals surface area contributed by atoms with Crippen LogP contribution in [0.3, 0.4) is 0 Å². The van der Waals surface area contributed by atoms with Gasteiger partial charge in [0.1, 0.15) is 5.78 Å². The lowest BCUT2D eigenvalue weighted by Gasteiger charge is -1.95. The second kappa shape index (κ2) is 3.86. The van der Waals surface area contributed by atoms with Crippen LogP contribution in [0.2, 0.25) is 0 Å². The van der Waals surface area contributed by atoms with Gasteiger partial charge >= 0.3 is 0 Å². The van der Waals surface area contributed by atoms with Gasteiger partial charge in [-0.1, -0.05) is 6.07 Å². The molecule has 0 N–H and O–H groups in total. The molecule has 1 aromatic rings. The summed E-state index contributed by atoms with van der Waals surface area (Å²) >= 11 is 0. The molecule has 1 aromatic heterocycles. The van der Waals surface area contributed by atoms with Crippen molar-refractivity contribution in [3.63, 3.8) is 0 Å². The number of rotatable bonds is 3. The lowest BCUT2D eigenvalue weighted by molar-refractivity contribution is -0.116. The van der Waals surface area contributed by atoms with E-state index in [1.807, 2.05) is 18.2 Å². The van der Waals surface area contributed by atoms with E-state index in [1.165, 1.54) is 0 Å². The lowest BCUT2D eigenvalue weighted by Crippen LogP contribution is -1.95. The molecule has 0 amide bonds. The average molecular weight is 149 g/mol. The predicted octanol–water partition coefficient (Wildman–Crippen LogP) is 1.60. The molecule has 0 fully saturated rings. The van der Waals surface area contributed by atoms with Crippen LogP contribution >= 0.6 is 0 Å². The van der Waals surface area contributed by atoms with Crippen molar-refractivity contribution in [2.24, 2.45) is 0 Å². The Labute approximate surface area is 66.3 Å². The fraction of sp³-hybridized carbons (Fsp3) is 0.333. The molecule has 2 heteroatoms. The summed E-state index contributed by atoms with van der Waals surface area (Å²) in [5.74, 6) is 0.218. The summed E-state index contributed by atoms with van der Waals surface area (Å²) in [6.07, 6.45) is 3.10. The predicted molar refractivity (Wildman–Crippen MR) is 43.2 cm³/mol. The summed E-state index contributed by atoms with van der Waals surface area (Å²) in [7, 11) is 0. The fourth-order valence-electron chi connectivity index (χ4n) is 0.850. The Morgan fingerprint density at radius 3 is 2.91 bits per heavy atom. The summed E-state index contributed by atoms with van der Waals surface area (Å²) < 4.78 is 0. The quantitative estimate of drug-likeness (QED) is 0.653. The SMILES string of the molecule is CC(=O)CCc1ccccn1. The van der Waals surface area contributed by atoms with Crippen LogP contribution in [-0.2, 0) is 11.2 Å². The molecule has 58 valence electrons. The van der Waals surface area contributed by atoms with Crippen molar-refractivity contribution in [1.82, 2.24) is 4.98 Å². The summed E-state index contributed by atoms with van der Waals surface area (Å²) in [5.41, 5.74) is 0.989. The lowest BCUT2D eigenvalue weighted by atomic mass is 10.2. The van der Waals surface area contributed by atoms with Crippen molar-refractivity contribution in [1.29, 1.82) is 0 Å².